The number of aliphatic carboxylic acids is 1. The molecule has 1 aliphatic rings. The predicted molar refractivity (Wildman–Crippen MR) is 47.0 cm³/mol. The van der Waals surface area contributed by atoms with E-state index in [2.05, 4.69) is 0 Å². The Morgan fingerprint density at radius 3 is 2.17 bits per heavy atom. The van der Waals surface area contributed by atoms with E-state index < -0.39 is 12.0 Å². The molecule has 0 bridgehead atoms. The molecule has 0 saturated carbocycles. The normalized spacial score (nSPS) is 32.2. The van der Waals surface area contributed by atoms with Crippen LogP contribution in [0.3, 0.4) is 0 Å². The van der Waals surface area contributed by atoms with Crippen LogP contribution in [-0.4, -0.2) is 34.1 Å². The maximum absolute atomic E-state index is 10.7. The van der Waals surface area contributed by atoms with Gasteiger partial charge in [-0.15, -0.1) is 0 Å². The van der Waals surface area contributed by atoms with Gasteiger partial charge in [0.2, 0.25) is 0 Å². The summed E-state index contributed by atoms with van der Waals surface area (Å²) in [6.07, 6.45) is 4.09. The zero-order valence-electron chi connectivity index (χ0n) is 7.69. The summed E-state index contributed by atoms with van der Waals surface area (Å²) >= 11 is 0. The molecule has 0 radical (unpaired) electrons. The fraction of sp³-hybridized carbons (Fsp3) is 0.667. The van der Waals surface area contributed by atoms with E-state index in [0.29, 0.717) is 0 Å². The van der Waals surface area contributed by atoms with Gasteiger partial charge < -0.3 is 5.11 Å². The fourth-order valence-corrected chi connectivity index (χ4v) is 1.72. The molecule has 0 fully saturated rings. The average molecular weight is 169 g/mol. The molecule has 1 rings (SSSR count). The highest BCUT2D eigenvalue weighted by atomic mass is 16.4. The van der Waals surface area contributed by atoms with Gasteiger partial charge in [0.05, 0.1) is 0 Å². The largest absolute Gasteiger partial charge is 0.480 e. The summed E-state index contributed by atoms with van der Waals surface area (Å²) in [5, 5.41) is 8.81. The standard InChI is InChI=1S/C9H15NO2/c1-6-4-5-7(2)10(6)8(3)9(11)12/h4-8H,1-3H3,(H,11,12)/t6-,7-,8?/m0/s1. The van der Waals surface area contributed by atoms with Crippen molar-refractivity contribution >= 4 is 5.97 Å². The quantitative estimate of drug-likeness (QED) is 0.629. The first kappa shape index (κ1) is 9.26. The van der Waals surface area contributed by atoms with Crippen molar-refractivity contribution in [2.45, 2.75) is 38.9 Å². The van der Waals surface area contributed by atoms with Crippen LogP contribution >= 0.6 is 0 Å². The first-order valence-electron chi connectivity index (χ1n) is 4.22. The van der Waals surface area contributed by atoms with Crippen molar-refractivity contribution < 1.29 is 9.90 Å². The Hall–Kier alpha value is -0.830. The van der Waals surface area contributed by atoms with E-state index >= 15 is 0 Å². The van der Waals surface area contributed by atoms with E-state index in [1.807, 2.05) is 30.9 Å². The van der Waals surface area contributed by atoms with Crippen molar-refractivity contribution in [2.75, 3.05) is 0 Å². The predicted octanol–water partition coefficient (Wildman–Crippen LogP) is 1.11. The lowest BCUT2D eigenvalue weighted by atomic mass is 10.2. The highest BCUT2D eigenvalue weighted by Gasteiger charge is 2.30. The summed E-state index contributed by atoms with van der Waals surface area (Å²) in [5.74, 6) is -0.752. The average Bonchev–Trinajstić information content (AvgIpc) is 2.30. The van der Waals surface area contributed by atoms with Crippen LogP contribution in [-0.2, 0) is 4.79 Å². The molecule has 3 heteroatoms. The molecule has 3 atom stereocenters. The second-order valence-corrected chi connectivity index (χ2v) is 3.33. The Bertz CT molecular complexity index is 201. The molecule has 12 heavy (non-hydrogen) atoms. The van der Waals surface area contributed by atoms with Gasteiger partial charge in [0, 0.05) is 12.1 Å². The first-order valence-corrected chi connectivity index (χ1v) is 4.22. The molecule has 68 valence electrons. The lowest BCUT2D eigenvalue weighted by molar-refractivity contribution is -0.143. The molecule has 1 unspecified atom stereocenters. The molecule has 0 saturated heterocycles. The van der Waals surface area contributed by atoms with E-state index in [9.17, 15) is 4.79 Å². The maximum Gasteiger partial charge on any atom is 0.320 e. The third-order valence-electron chi connectivity index (χ3n) is 2.41. The smallest absolute Gasteiger partial charge is 0.320 e. The molecule has 0 aromatic rings. The number of nitrogens with zero attached hydrogens (tertiary/aromatic N) is 1. The van der Waals surface area contributed by atoms with Crippen molar-refractivity contribution in [3.8, 4) is 0 Å². The van der Waals surface area contributed by atoms with Crippen molar-refractivity contribution in [3.05, 3.63) is 12.2 Å². The fourth-order valence-electron chi connectivity index (χ4n) is 1.72. The summed E-state index contributed by atoms with van der Waals surface area (Å²) < 4.78 is 0. The minimum Gasteiger partial charge on any atom is -0.480 e. The molecule has 0 aromatic carbocycles. The van der Waals surface area contributed by atoms with Gasteiger partial charge in [-0.2, -0.15) is 0 Å². The van der Waals surface area contributed by atoms with Gasteiger partial charge in [-0.3, -0.25) is 9.69 Å². The second kappa shape index (κ2) is 3.27. The first-order chi connectivity index (χ1) is 5.54. The van der Waals surface area contributed by atoms with Crippen molar-refractivity contribution in [1.29, 1.82) is 0 Å². The lowest BCUT2D eigenvalue weighted by Crippen LogP contribution is -2.45. The Balaban J connectivity index is 2.69. The molecule has 1 heterocycles. The molecule has 1 aliphatic heterocycles. The van der Waals surface area contributed by atoms with Crippen LogP contribution < -0.4 is 0 Å². The zero-order valence-corrected chi connectivity index (χ0v) is 7.69. The third kappa shape index (κ3) is 1.50. The number of carboxylic acid groups (broad SMARTS) is 1. The molecule has 0 aromatic heterocycles. The van der Waals surface area contributed by atoms with Gasteiger partial charge in [-0.25, -0.2) is 0 Å². The summed E-state index contributed by atoms with van der Waals surface area (Å²) in [6, 6.07) is 0.0854. The highest BCUT2D eigenvalue weighted by molar-refractivity contribution is 5.73. The third-order valence-corrected chi connectivity index (χ3v) is 2.41. The van der Waals surface area contributed by atoms with Crippen molar-refractivity contribution in [1.82, 2.24) is 4.90 Å². The molecule has 0 aliphatic carbocycles. The molecule has 0 spiro atoms. The summed E-state index contributed by atoms with van der Waals surface area (Å²) in [7, 11) is 0. The van der Waals surface area contributed by atoms with Gasteiger partial charge in [0.15, 0.2) is 0 Å². The zero-order chi connectivity index (χ0) is 9.30. The lowest BCUT2D eigenvalue weighted by Gasteiger charge is -2.29. The minimum absolute atomic E-state index is 0.242. The SMILES string of the molecule is CC(C(=O)O)N1[C@@H](C)C=C[C@@H]1C. The summed E-state index contributed by atoms with van der Waals surface area (Å²) in [4.78, 5) is 12.7. The Kier molecular flexibility index (Phi) is 2.52. The van der Waals surface area contributed by atoms with Crippen LogP contribution in [0.1, 0.15) is 20.8 Å². The number of hydrogen-bond donors (Lipinski definition) is 1. The minimum atomic E-state index is -0.752. The summed E-state index contributed by atoms with van der Waals surface area (Å²) in [6.45, 7) is 5.75. The van der Waals surface area contributed by atoms with E-state index in [-0.39, 0.29) is 12.1 Å². The van der Waals surface area contributed by atoms with Gasteiger partial charge in [0.25, 0.3) is 0 Å². The Morgan fingerprint density at radius 1 is 1.42 bits per heavy atom. The van der Waals surface area contributed by atoms with Crippen LogP contribution in [0.5, 0.6) is 0 Å². The van der Waals surface area contributed by atoms with Crippen molar-refractivity contribution in [3.63, 3.8) is 0 Å². The van der Waals surface area contributed by atoms with Crippen molar-refractivity contribution in [2.24, 2.45) is 0 Å². The van der Waals surface area contributed by atoms with E-state index in [4.69, 9.17) is 5.11 Å². The van der Waals surface area contributed by atoms with E-state index in [1.54, 1.807) is 6.92 Å². The molecule has 0 amide bonds. The molecular weight excluding hydrogens is 154 g/mol. The number of hydrogen-bond acceptors (Lipinski definition) is 2. The van der Waals surface area contributed by atoms with Crippen LogP contribution in [0.4, 0.5) is 0 Å². The van der Waals surface area contributed by atoms with E-state index in [1.165, 1.54) is 0 Å². The van der Waals surface area contributed by atoms with Crippen LogP contribution in [0.15, 0.2) is 12.2 Å². The maximum atomic E-state index is 10.7. The molecule has 1 N–H and O–H groups in total. The van der Waals surface area contributed by atoms with Gasteiger partial charge in [0.1, 0.15) is 6.04 Å². The van der Waals surface area contributed by atoms with Gasteiger partial charge >= 0.3 is 5.97 Å². The molecule has 3 nitrogen and oxygen atoms in total. The van der Waals surface area contributed by atoms with Gasteiger partial charge in [-0.1, -0.05) is 12.2 Å². The Labute approximate surface area is 72.7 Å². The second-order valence-electron chi connectivity index (χ2n) is 3.33. The number of carboxylic acids is 1. The topological polar surface area (TPSA) is 40.5 Å². The summed E-state index contributed by atoms with van der Waals surface area (Å²) in [5.41, 5.74) is 0. The van der Waals surface area contributed by atoms with E-state index in [0.717, 1.165) is 0 Å². The number of carbonyl (C=O) groups is 1. The highest BCUT2D eigenvalue weighted by Crippen LogP contribution is 2.19. The molecular formula is C9H15NO2. The Morgan fingerprint density at radius 2 is 1.83 bits per heavy atom. The van der Waals surface area contributed by atoms with Gasteiger partial charge in [-0.05, 0) is 20.8 Å². The van der Waals surface area contributed by atoms with Crippen LogP contribution in [0.25, 0.3) is 0 Å². The number of rotatable bonds is 2. The van der Waals surface area contributed by atoms with Crippen LogP contribution in [0, 0.1) is 0 Å². The van der Waals surface area contributed by atoms with Crippen LogP contribution in [0.2, 0.25) is 0 Å². The monoisotopic (exact) mass is 169 g/mol.